The largest absolute Gasteiger partial charge is 0.321 e. The Bertz CT molecular complexity index is 416. The zero-order valence-corrected chi connectivity index (χ0v) is 9.36. The van der Waals surface area contributed by atoms with Crippen LogP contribution in [0.3, 0.4) is 0 Å². The zero-order chi connectivity index (χ0) is 11.1. The Kier molecular flexibility index (Phi) is 2.43. The maximum atomic E-state index is 11.8. The van der Waals surface area contributed by atoms with Crippen molar-refractivity contribution in [2.24, 2.45) is 11.7 Å². The van der Waals surface area contributed by atoms with E-state index in [1.165, 1.54) is 0 Å². The predicted octanol–water partition coefficient (Wildman–Crippen LogP) is 1.45. The average molecular weight is 206 g/mol. The van der Waals surface area contributed by atoms with Crippen LogP contribution in [0, 0.1) is 5.92 Å². The molecular formula is C12H18N2O. The third kappa shape index (κ3) is 2.12. The number of hydrogen-bond donors (Lipinski definition) is 1. The molecule has 1 saturated carbocycles. The Morgan fingerprint density at radius 2 is 2.20 bits per heavy atom. The minimum atomic E-state index is -0.198. The molecule has 1 heterocycles. The fraction of sp³-hybridized carbons (Fsp3) is 0.583. The van der Waals surface area contributed by atoms with Gasteiger partial charge in [0.2, 0.25) is 0 Å². The van der Waals surface area contributed by atoms with Crippen LogP contribution in [0.1, 0.15) is 32.3 Å². The molecule has 0 spiro atoms. The minimum absolute atomic E-state index is 0.0675. The Labute approximate surface area is 89.9 Å². The molecule has 2 N–H and O–H groups in total. The van der Waals surface area contributed by atoms with Gasteiger partial charge in [0.1, 0.15) is 0 Å². The number of nitrogens with zero attached hydrogens (tertiary/aromatic N) is 1. The van der Waals surface area contributed by atoms with Gasteiger partial charge in [-0.15, -0.1) is 0 Å². The van der Waals surface area contributed by atoms with Crippen molar-refractivity contribution >= 4 is 0 Å². The van der Waals surface area contributed by atoms with E-state index in [0.29, 0.717) is 5.92 Å². The highest BCUT2D eigenvalue weighted by Gasteiger charge is 2.40. The van der Waals surface area contributed by atoms with Crippen LogP contribution in [0.4, 0.5) is 0 Å². The lowest BCUT2D eigenvalue weighted by molar-refractivity contribution is 0.509. The zero-order valence-electron chi connectivity index (χ0n) is 9.36. The Morgan fingerprint density at radius 3 is 2.67 bits per heavy atom. The van der Waals surface area contributed by atoms with Gasteiger partial charge in [-0.25, -0.2) is 0 Å². The standard InChI is InChI=1S/C12H18N2O/c1-9(2)8-14-6-3-10(7-11(14)15)12(13)4-5-12/h3,6-7,9H,4-5,8,13H2,1-2H3. The van der Waals surface area contributed by atoms with Gasteiger partial charge < -0.3 is 10.3 Å². The van der Waals surface area contributed by atoms with Gasteiger partial charge in [0.15, 0.2) is 0 Å². The van der Waals surface area contributed by atoms with Crippen LogP contribution in [0.15, 0.2) is 23.1 Å². The summed E-state index contributed by atoms with van der Waals surface area (Å²) in [6.07, 6.45) is 3.87. The molecule has 0 amide bonds. The first-order valence-corrected chi connectivity index (χ1v) is 5.51. The summed E-state index contributed by atoms with van der Waals surface area (Å²) in [5.74, 6) is 0.487. The molecule has 0 atom stereocenters. The third-order valence-electron chi connectivity index (χ3n) is 2.92. The molecule has 0 aromatic carbocycles. The molecule has 0 saturated heterocycles. The number of aromatic nitrogens is 1. The van der Waals surface area contributed by atoms with E-state index in [4.69, 9.17) is 5.73 Å². The first-order chi connectivity index (χ1) is 7.01. The number of rotatable bonds is 3. The van der Waals surface area contributed by atoms with Crippen molar-refractivity contribution in [1.29, 1.82) is 0 Å². The fourth-order valence-electron chi connectivity index (χ4n) is 1.79. The molecular weight excluding hydrogens is 188 g/mol. The van der Waals surface area contributed by atoms with E-state index in [0.717, 1.165) is 24.9 Å². The van der Waals surface area contributed by atoms with Gasteiger partial charge in [-0.05, 0) is 30.4 Å². The lowest BCUT2D eigenvalue weighted by Gasteiger charge is -2.12. The number of hydrogen-bond acceptors (Lipinski definition) is 2. The van der Waals surface area contributed by atoms with Crippen molar-refractivity contribution in [1.82, 2.24) is 4.57 Å². The molecule has 15 heavy (non-hydrogen) atoms. The molecule has 1 aliphatic carbocycles. The molecule has 3 nitrogen and oxygen atoms in total. The van der Waals surface area contributed by atoms with Crippen LogP contribution in [0.25, 0.3) is 0 Å². The quantitative estimate of drug-likeness (QED) is 0.813. The van der Waals surface area contributed by atoms with E-state index < -0.39 is 0 Å². The van der Waals surface area contributed by atoms with Gasteiger partial charge in [-0.3, -0.25) is 4.79 Å². The maximum Gasteiger partial charge on any atom is 0.250 e. The summed E-state index contributed by atoms with van der Waals surface area (Å²) in [6, 6.07) is 3.67. The van der Waals surface area contributed by atoms with Gasteiger partial charge in [-0.2, -0.15) is 0 Å². The van der Waals surface area contributed by atoms with Gasteiger partial charge in [0.05, 0.1) is 0 Å². The molecule has 1 aliphatic rings. The summed E-state index contributed by atoms with van der Waals surface area (Å²) in [7, 11) is 0. The molecule has 3 heteroatoms. The van der Waals surface area contributed by atoms with Gasteiger partial charge in [0.25, 0.3) is 5.56 Å². The van der Waals surface area contributed by atoms with Crippen molar-refractivity contribution in [3.63, 3.8) is 0 Å². The molecule has 1 fully saturated rings. The molecule has 0 unspecified atom stereocenters. The summed E-state index contributed by atoms with van der Waals surface area (Å²) in [6.45, 7) is 4.98. The Hall–Kier alpha value is -1.09. The highest BCUT2D eigenvalue weighted by molar-refractivity contribution is 5.27. The van der Waals surface area contributed by atoms with Crippen LogP contribution in [0.2, 0.25) is 0 Å². The molecule has 82 valence electrons. The second-order valence-corrected chi connectivity index (χ2v) is 4.96. The first kappa shape index (κ1) is 10.4. The minimum Gasteiger partial charge on any atom is -0.321 e. The summed E-state index contributed by atoms with van der Waals surface area (Å²) in [4.78, 5) is 11.8. The smallest absolute Gasteiger partial charge is 0.250 e. The SMILES string of the molecule is CC(C)Cn1ccc(C2(N)CC2)cc1=O. The lowest BCUT2D eigenvalue weighted by atomic mass is 10.1. The lowest BCUT2D eigenvalue weighted by Crippen LogP contribution is -2.26. The second-order valence-electron chi connectivity index (χ2n) is 4.96. The number of nitrogens with two attached hydrogens (primary N) is 1. The Morgan fingerprint density at radius 1 is 1.53 bits per heavy atom. The third-order valence-corrected chi connectivity index (χ3v) is 2.92. The van der Waals surface area contributed by atoms with Gasteiger partial charge >= 0.3 is 0 Å². The van der Waals surface area contributed by atoms with E-state index in [9.17, 15) is 4.79 Å². The van der Waals surface area contributed by atoms with Gasteiger partial charge in [-0.1, -0.05) is 13.8 Å². The highest BCUT2D eigenvalue weighted by Crippen LogP contribution is 2.41. The highest BCUT2D eigenvalue weighted by atomic mass is 16.1. The van der Waals surface area contributed by atoms with Crippen LogP contribution < -0.4 is 11.3 Å². The predicted molar refractivity (Wildman–Crippen MR) is 60.6 cm³/mol. The summed E-state index contributed by atoms with van der Waals surface area (Å²) in [5.41, 5.74) is 6.90. The summed E-state index contributed by atoms with van der Waals surface area (Å²) in [5, 5.41) is 0. The summed E-state index contributed by atoms with van der Waals surface area (Å²) < 4.78 is 1.75. The van der Waals surface area contributed by atoms with E-state index in [2.05, 4.69) is 13.8 Å². The van der Waals surface area contributed by atoms with Crippen molar-refractivity contribution in [3.8, 4) is 0 Å². The molecule has 0 radical (unpaired) electrons. The van der Waals surface area contributed by atoms with Crippen LogP contribution in [-0.4, -0.2) is 4.57 Å². The van der Waals surface area contributed by atoms with Crippen LogP contribution >= 0.6 is 0 Å². The van der Waals surface area contributed by atoms with E-state index in [1.807, 2.05) is 12.3 Å². The van der Waals surface area contributed by atoms with Crippen molar-refractivity contribution < 1.29 is 0 Å². The molecule has 1 aromatic heterocycles. The maximum absolute atomic E-state index is 11.8. The second kappa shape index (κ2) is 3.49. The van der Waals surface area contributed by atoms with Gasteiger partial charge in [0, 0.05) is 24.3 Å². The summed E-state index contributed by atoms with van der Waals surface area (Å²) >= 11 is 0. The van der Waals surface area contributed by atoms with E-state index in [-0.39, 0.29) is 11.1 Å². The molecule has 0 aliphatic heterocycles. The molecule has 1 aromatic rings. The van der Waals surface area contributed by atoms with Crippen LogP contribution in [-0.2, 0) is 12.1 Å². The molecule has 2 rings (SSSR count). The van der Waals surface area contributed by atoms with E-state index >= 15 is 0 Å². The van der Waals surface area contributed by atoms with E-state index in [1.54, 1.807) is 10.6 Å². The normalized spacial score (nSPS) is 18.1. The van der Waals surface area contributed by atoms with Crippen molar-refractivity contribution in [3.05, 3.63) is 34.2 Å². The monoisotopic (exact) mass is 206 g/mol. The fourth-order valence-corrected chi connectivity index (χ4v) is 1.79. The first-order valence-electron chi connectivity index (χ1n) is 5.51. The molecule has 0 bridgehead atoms. The topological polar surface area (TPSA) is 48.0 Å². The van der Waals surface area contributed by atoms with Crippen LogP contribution in [0.5, 0.6) is 0 Å². The Balaban J connectivity index is 2.27. The average Bonchev–Trinajstić information content (AvgIpc) is 2.88. The van der Waals surface area contributed by atoms with Crippen molar-refractivity contribution in [2.45, 2.75) is 38.8 Å². The van der Waals surface area contributed by atoms with Crippen molar-refractivity contribution in [2.75, 3.05) is 0 Å². The number of pyridine rings is 1.